The van der Waals surface area contributed by atoms with Gasteiger partial charge >= 0.3 is 0 Å². The quantitative estimate of drug-likeness (QED) is 0.630. The molecule has 0 aliphatic carbocycles. The first-order valence-electron chi connectivity index (χ1n) is 4.18. The largest absolute Gasteiger partial charge is 0.330 e. The number of nitrogens with zero attached hydrogens (tertiary/aromatic N) is 1. The van der Waals surface area contributed by atoms with Crippen LogP contribution in [0.4, 0.5) is 0 Å². The zero-order chi connectivity index (χ0) is 10.5. The first-order chi connectivity index (χ1) is 5.90. The number of likely N-dealkylation sites (N-methyl/N-ethyl adjacent to an activating group) is 1. The lowest BCUT2D eigenvalue weighted by Crippen LogP contribution is -2.31. The van der Waals surface area contributed by atoms with E-state index in [1.165, 1.54) is 4.31 Å². The van der Waals surface area contributed by atoms with Crippen molar-refractivity contribution >= 4 is 10.0 Å². The van der Waals surface area contributed by atoms with Crippen molar-refractivity contribution in [3.8, 4) is 0 Å². The summed E-state index contributed by atoms with van der Waals surface area (Å²) in [5.41, 5.74) is 6.07. The lowest BCUT2D eigenvalue weighted by Gasteiger charge is -2.16. The van der Waals surface area contributed by atoms with Gasteiger partial charge in [-0.3, -0.25) is 0 Å². The van der Waals surface area contributed by atoms with Crippen LogP contribution < -0.4 is 5.73 Å². The smallest absolute Gasteiger partial charge is 0.214 e. The summed E-state index contributed by atoms with van der Waals surface area (Å²) in [6.07, 6.45) is 0.503. The molecule has 0 saturated carbocycles. The van der Waals surface area contributed by atoms with E-state index in [1.807, 2.05) is 0 Å². The maximum atomic E-state index is 11.5. The maximum absolute atomic E-state index is 11.5. The van der Waals surface area contributed by atoms with Crippen molar-refractivity contribution in [2.75, 3.05) is 25.9 Å². The Kier molecular flexibility index (Phi) is 5.20. The second kappa shape index (κ2) is 5.36. The molecule has 78 valence electrons. The summed E-state index contributed by atoms with van der Waals surface area (Å²) < 4.78 is 24.2. The summed E-state index contributed by atoms with van der Waals surface area (Å²) in [5, 5.41) is 0. The lowest BCUT2D eigenvalue weighted by atomic mass is 10.4. The number of hydrogen-bond donors (Lipinski definition) is 1. The molecule has 13 heavy (non-hydrogen) atoms. The van der Waals surface area contributed by atoms with E-state index in [9.17, 15) is 8.42 Å². The molecule has 0 fully saturated rings. The van der Waals surface area contributed by atoms with Crippen molar-refractivity contribution in [3.05, 3.63) is 12.2 Å². The van der Waals surface area contributed by atoms with Gasteiger partial charge in [-0.15, -0.1) is 0 Å². The Bertz CT molecular complexity index is 259. The molecule has 0 unspecified atom stereocenters. The highest BCUT2D eigenvalue weighted by molar-refractivity contribution is 7.89. The molecule has 0 aliphatic rings. The van der Waals surface area contributed by atoms with Crippen LogP contribution in [-0.4, -0.2) is 38.6 Å². The Morgan fingerprint density at radius 2 is 2.08 bits per heavy atom. The fraction of sp³-hybridized carbons (Fsp3) is 0.750. The average Bonchev–Trinajstić information content (AvgIpc) is 1.99. The summed E-state index contributed by atoms with van der Waals surface area (Å²) in [6.45, 7) is 6.24. The molecule has 0 aromatic heterocycles. The Morgan fingerprint density at radius 3 is 2.46 bits per heavy atom. The van der Waals surface area contributed by atoms with Gasteiger partial charge in [-0.2, -0.15) is 0 Å². The van der Waals surface area contributed by atoms with E-state index >= 15 is 0 Å². The molecule has 0 atom stereocenters. The van der Waals surface area contributed by atoms with Crippen LogP contribution in [-0.2, 0) is 10.0 Å². The minimum Gasteiger partial charge on any atom is -0.330 e. The van der Waals surface area contributed by atoms with Gasteiger partial charge in [0.15, 0.2) is 0 Å². The molecular formula is C8H18N2O2S. The SMILES string of the molecule is C=C(C)CN(C)S(=O)(=O)CCCN. The minimum absolute atomic E-state index is 0.118. The predicted octanol–water partition coefficient (Wildman–Crippen LogP) is 0.173. The van der Waals surface area contributed by atoms with E-state index in [1.54, 1.807) is 14.0 Å². The van der Waals surface area contributed by atoms with Crippen LogP contribution >= 0.6 is 0 Å². The molecule has 0 aromatic rings. The molecule has 0 radical (unpaired) electrons. The van der Waals surface area contributed by atoms with E-state index < -0.39 is 10.0 Å². The number of rotatable bonds is 6. The van der Waals surface area contributed by atoms with Crippen LogP contribution in [0.3, 0.4) is 0 Å². The summed E-state index contributed by atoms with van der Waals surface area (Å²) in [4.78, 5) is 0. The third-order valence-corrected chi connectivity index (χ3v) is 3.46. The fourth-order valence-electron chi connectivity index (χ4n) is 0.900. The van der Waals surface area contributed by atoms with Gasteiger partial charge < -0.3 is 5.73 Å². The molecule has 0 rings (SSSR count). The minimum atomic E-state index is -3.13. The summed E-state index contributed by atoms with van der Waals surface area (Å²) in [5.74, 6) is 0.118. The Labute approximate surface area is 80.5 Å². The second-order valence-corrected chi connectivity index (χ2v) is 5.37. The van der Waals surface area contributed by atoms with Gasteiger partial charge in [0.1, 0.15) is 0 Å². The van der Waals surface area contributed by atoms with Gasteiger partial charge in [0, 0.05) is 13.6 Å². The summed E-state index contributed by atoms with van der Waals surface area (Å²) in [6, 6.07) is 0. The first kappa shape index (κ1) is 12.6. The van der Waals surface area contributed by atoms with Gasteiger partial charge in [-0.1, -0.05) is 12.2 Å². The zero-order valence-corrected chi connectivity index (χ0v) is 9.10. The normalized spacial score (nSPS) is 12.0. The van der Waals surface area contributed by atoms with E-state index in [4.69, 9.17) is 5.73 Å². The Hall–Kier alpha value is -0.390. The van der Waals surface area contributed by atoms with Crippen molar-refractivity contribution < 1.29 is 8.42 Å². The van der Waals surface area contributed by atoms with Gasteiger partial charge in [-0.05, 0) is 19.9 Å². The van der Waals surface area contributed by atoms with Crippen molar-refractivity contribution in [2.24, 2.45) is 5.73 Å². The van der Waals surface area contributed by atoms with Crippen molar-refractivity contribution in [2.45, 2.75) is 13.3 Å². The van der Waals surface area contributed by atoms with Crippen molar-refractivity contribution in [1.29, 1.82) is 0 Å². The Balaban J connectivity index is 4.20. The predicted molar refractivity (Wildman–Crippen MR) is 54.9 cm³/mol. The first-order valence-corrected chi connectivity index (χ1v) is 5.79. The molecule has 2 N–H and O–H groups in total. The topological polar surface area (TPSA) is 63.4 Å². The van der Waals surface area contributed by atoms with Gasteiger partial charge in [-0.25, -0.2) is 12.7 Å². The van der Waals surface area contributed by atoms with Gasteiger partial charge in [0.2, 0.25) is 10.0 Å². The highest BCUT2D eigenvalue weighted by atomic mass is 32.2. The third kappa shape index (κ3) is 5.02. The zero-order valence-electron chi connectivity index (χ0n) is 8.28. The number of nitrogens with two attached hydrogens (primary N) is 1. The summed E-state index contributed by atoms with van der Waals surface area (Å²) >= 11 is 0. The monoisotopic (exact) mass is 206 g/mol. The maximum Gasteiger partial charge on any atom is 0.214 e. The van der Waals surface area contributed by atoms with E-state index in [2.05, 4.69) is 6.58 Å². The summed E-state index contributed by atoms with van der Waals surface area (Å²) in [7, 11) is -1.57. The van der Waals surface area contributed by atoms with Gasteiger partial charge in [0.25, 0.3) is 0 Å². The van der Waals surface area contributed by atoms with Gasteiger partial charge in [0.05, 0.1) is 5.75 Å². The lowest BCUT2D eigenvalue weighted by molar-refractivity contribution is 0.491. The fourth-order valence-corrected chi connectivity index (χ4v) is 2.16. The molecule has 0 heterocycles. The molecule has 0 saturated heterocycles. The number of sulfonamides is 1. The Morgan fingerprint density at radius 1 is 1.54 bits per heavy atom. The second-order valence-electron chi connectivity index (χ2n) is 3.17. The van der Waals surface area contributed by atoms with Crippen LogP contribution in [0.25, 0.3) is 0 Å². The molecular weight excluding hydrogens is 188 g/mol. The van der Waals surface area contributed by atoms with Crippen LogP contribution in [0.2, 0.25) is 0 Å². The van der Waals surface area contributed by atoms with E-state index in [0.29, 0.717) is 19.5 Å². The van der Waals surface area contributed by atoms with E-state index in [0.717, 1.165) is 5.57 Å². The molecule has 0 aromatic carbocycles. The standard InChI is InChI=1S/C8H18N2O2S/c1-8(2)7-10(3)13(11,12)6-4-5-9/h1,4-7,9H2,2-3H3. The average molecular weight is 206 g/mol. The molecule has 0 amide bonds. The van der Waals surface area contributed by atoms with Crippen LogP contribution in [0.15, 0.2) is 12.2 Å². The van der Waals surface area contributed by atoms with Crippen molar-refractivity contribution in [3.63, 3.8) is 0 Å². The number of hydrogen-bond acceptors (Lipinski definition) is 3. The van der Waals surface area contributed by atoms with E-state index in [-0.39, 0.29) is 5.75 Å². The third-order valence-electron chi connectivity index (χ3n) is 1.57. The highest BCUT2D eigenvalue weighted by Crippen LogP contribution is 2.02. The molecule has 0 spiro atoms. The van der Waals surface area contributed by atoms with Crippen LogP contribution in [0.5, 0.6) is 0 Å². The van der Waals surface area contributed by atoms with Crippen LogP contribution in [0, 0.1) is 0 Å². The highest BCUT2D eigenvalue weighted by Gasteiger charge is 2.16. The van der Waals surface area contributed by atoms with Crippen molar-refractivity contribution in [1.82, 2.24) is 4.31 Å². The molecule has 5 heteroatoms. The molecule has 0 aliphatic heterocycles. The van der Waals surface area contributed by atoms with Crippen LogP contribution in [0.1, 0.15) is 13.3 Å². The molecule has 4 nitrogen and oxygen atoms in total. The molecule has 0 bridgehead atoms.